The molecular weight excluding hydrogens is 542 g/mol. The summed E-state index contributed by atoms with van der Waals surface area (Å²) in [5, 5.41) is 6.87. The Balaban J connectivity index is 1.19. The topological polar surface area (TPSA) is 93.3 Å². The Labute approximate surface area is 253 Å². The summed E-state index contributed by atoms with van der Waals surface area (Å²) in [5.41, 5.74) is 4.39. The molecule has 6 rings (SSSR count). The SMILES string of the molecule is CCOc1cc(C(=O)N2CCC(N3CCCNCC3)CC2)ccc1Nc1cc2c(cn1)N(C)C(=O)c1ccccc1N2C. The largest absolute Gasteiger partial charge is 0.492 e. The number of benzene rings is 2. The molecule has 1 aromatic heterocycles. The molecular formula is C33H41N7O3. The summed E-state index contributed by atoms with van der Waals surface area (Å²) in [6.07, 6.45) is 4.91. The average molecular weight is 584 g/mol. The number of ether oxygens (including phenoxy) is 1. The molecule has 0 unspecified atom stereocenters. The number of nitrogens with one attached hydrogen (secondary N) is 2. The second kappa shape index (κ2) is 12.6. The molecule has 0 radical (unpaired) electrons. The number of para-hydroxylation sites is 1. The number of likely N-dealkylation sites (tertiary alicyclic amines) is 1. The van der Waals surface area contributed by atoms with E-state index in [9.17, 15) is 9.59 Å². The van der Waals surface area contributed by atoms with Gasteiger partial charge in [0, 0.05) is 57.9 Å². The van der Waals surface area contributed by atoms with Gasteiger partial charge >= 0.3 is 0 Å². The van der Waals surface area contributed by atoms with Crippen LogP contribution < -0.4 is 25.2 Å². The van der Waals surface area contributed by atoms with Crippen molar-refractivity contribution in [1.82, 2.24) is 20.1 Å². The molecule has 2 N–H and O–H groups in total. The highest BCUT2D eigenvalue weighted by atomic mass is 16.5. The zero-order valence-electron chi connectivity index (χ0n) is 25.3. The zero-order chi connectivity index (χ0) is 29.9. The Hall–Kier alpha value is -4.15. The number of nitrogens with zero attached hydrogens (tertiary/aromatic N) is 5. The molecule has 3 aliphatic rings. The van der Waals surface area contributed by atoms with Crippen LogP contribution in [-0.4, -0.2) is 92.6 Å². The third kappa shape index (κ3) is 5.89. The van der Waals surface area contributed by atoms with E-state index in [2.05, 4.69) is 20.5 Å². The monoisotopic (exact) mass is 583 g/mol. The van der Waals surface area contributed by atoms with Gasteiger partial charge in [-0.2, -0.15) is 0 Å². The number of carbonyl (C=O) groups excluding carboxylic acids is 2. The molecule has 3 aliphatic heterocycles. The number of fused-ring (bicyclic) bond motifs is 2. The van der Waals surface area contributed by atoms with Crippen LogP contribution in [0.5, 0.6) is 5.75 Å². The number of piperidine rings is 1. The van der Waals surface area contributed by atoms with Gasteiger partial charge in [0.15, 0.2) is 0 Å². The van der Waals surface area contributed by atoms with Crippen molar-refractivity contribution in [1.29, 1.82) is 0 Å². The molecule has 43 heavy (non-hydrogen) atoms. The molecule has 3 aromatic rings. The van der Waals surface area contributed by atoms with E-state index in [-0.39, 0.29) is 11.8 Å². The van der Waals surface area contributed by atoms with Crippen LogP contribution in [0.2, 0.25) is 0 Å². The van der Waals surface area contributed by atoms with E-state index in [0.29, 0.717) is 35.3 Å². The fourth-order valence-corrected chi connectivity index (χ4v) is 6.42. The predicted molar refractivity (Wildman–Crippen MR) is 170 cm³/mol. The lowest BCUT2D eigenvalue weighted by molar-refractivity contribution is 0.0626. The van der Waals surface area contributed by atoms with Gasteiger partial charge in [-0.1, -0.05) is 12.1 Å². The van der Waals surface area contributed by atoms with Crippen LogP contribution in [0.4, 0.5) is 28.6 Å². The van der Waals surface area contributed by atoms with Crippen molar-refractivity contribution >= 4 is 40.4 Å². The first-order valence-corrected chi connectivity index (χ1v) is 15.3. The molecule has 2 saturated heterocycles. The Morgan fingerprint density at radius 1 is 0.977 bits per heavy atom. The number of anilines is 5. The molecule has 0 bridgehead atoms. The minimum absolute atomic E-state index is 0.0413. The summed E-state index contributed by atoms with van der Waals surface area (Å²) in [5.74, 6) is 1.17. The number of hydrogen-bond donors (Lipinski definition) is 2. The summed E-state index contributed by atoms with van der Waals surface area (Å²) in [6.45, 7) is 8.29. The fourth-order valence-electron chi connectivity index (χ4n) is 6.42. The van der Waals surface area contributed by atoms with Crippen LogP contribution in [0.3, 0.4) is 0 Å². The predicted octanol–water partition coefficient (Wildman–Crippen LogP) is 4.48. The summed E-state index contributed by atoms with van der Waals surface area (Å²) < 4.78 is 5.99. The van der Waals surface area contributed by atoms with E-state index in [1.165, 1.54) is 6.42 Å². The van der Waals surface area contributed by atoms with Crippen molar-refractivity contribution in [3.63, 3.8) is 0 Å². The van der Waals surface area contributed by atoms with Gasteiger partial charge < -0.3 is 30.1 Å². The van der Waals surface area contributed by atoms with Crippen molar-refractivity contribution in [2.45, 2.75) is 32.2 Å². The van der Waals surface area contributed by atoms with E-state index >= 15 is 0 Å². The zero-order valence-corrected chi connectivity index (χ0v) is 25.3. The van der Waals surface area contributed by atoms with Crippen LogP contribution in [0.25, 0.3) is 0 Å². The average Bonchev–Trinajstić information content (AvgIpc) is 3.37. The molecule has 10 nitrogen and oxygen atoms in total. The fraction of sp³-hybridized carbons (Fsp3) is 0.424. The Kier molecular flexibility index (Phi) is 8.49. The lowest BCUT2D eigenvalue weighted by Gasteiger charge is -2.38. The maximum absolute atomic E-state index is 13.5. The summed E-state index contributed by atoms with van der Waals surface area (Å²) in [7, 11) is 3.72. The molecule has 2 fully saturated rings. The molecule has 0 saturated carbocycles. The third-order valence-corrected chi connectivity index (χ3v) is 8.82. The molecule has 0 spiro atoms. The Morgan fingerprint density at radius 3 is 2.60 bits per heavy atom. The number of pyridine rings is 1. The van der Waals surface area contributed by atoms with Gasteiger partial charge in [0.1, 0.15) is 11.6 Å². The van der Waals surface area contributed by atoms with E-state index in [4.69, 9.17) is 4.74 Å². The lowest BCUT2D eigenvalue weighted by atomic mass is 10.0. The van der Waals surface area contributed by atoms with Crippen molar-refractivity contribution in [3.8, 4) is 5.75 Å². The van der Waals surface area contributed by atoms with Crippen molar-refractivity contribution in [2.24, 2.45) is 0 Å². The second-order valence-corrected chi connectivity index (χ2v) is 11.4. The lowest BCUT2D eigenvalue weighted by Crippen LogP contribution is -2.47. The first kappa shape index (κ1) is 28.9. The van der Waals surface area contributed by atoms with Gasteiger partial charge in [-0.25, -0.2) is 4.98 Å². The van der Waals surface area contributed by atoms with Gasteiger partial charge in [-0.3, -0.25) is 14.5 Å². The molecule has 2 amide bonds. The van der Waals surface area contributed by atoms with Crippen molar-refractivity contribution in [3.05, 3.63) is 65.9 Å². The molecule has 4 heterocycles. The standard InChI is InChI=1S/C33H41N7O3/c1-4-43-30-20-23(32(41)40-17-12-24(13-18-40)39-16-7-14-34-15-19-39)10-11-26(30)36-31-21-28-29(22-35-31)38(3)33(42)25-8-5-6-9-27(25)37(28)2/h5-6,8-11,20-22,24,34H,4,7,12-19H2,1-3H3,(H,35,36). The van der Waals surface area contributed by atoms with Gasteiger partial charge in [0.05, 0.1) is 41.1 Å². The van der Waals surface area contributed by atoms with Crippen LogP contribution in [0.15, 0.2) is 54.7 Å². The molecule has 2 aromatic carbocycles. The van der Waals surface area contributed by atoms with Gasteiger partial charge in [-0.05, 0) is 69.6 Å². The van der Waals surface area contributed by atoms with E-state index in [1.54, 1.807) is 18.1 Å². The summed E-state index contributed by atoms with van der Waals surface area (Å²) in [6, 6.07) is 15.7. The summed E-state index contributed by atoms with van der Waals surface area (Å²) >= 11 is 0. The Morgan fingerprint density at radius 2 is 1.79 bits per heavy atom. The first-order chi connectivity index (χ1) is 20.9. The second-order valence-electron chi connectivity index (χ2n) is 11.4. The number of rotatable bonds is 6. The van der Waals surface area contributed by atoms with Crippen LogP contribution in [-0.2, 0) is 0 Å². The minimum atomic E-state index is -0.0777. The van der Waals surface area contributed by atoms with Crippen molar-refractivity contribution < 1.29 is 14.3 Å². The van der Waals surface area contributed by atoms with E-state index in [1.807, 2.05) is 72.3 Å². The normalized spacial score (nSPS) is 18.0. The first-order valence-electron chi connectivity index (χ1n) is 15.3. The molecule has 10 heteroatoms. The van der Waals surface area contributed by atoms with Crippen LogP contribution in [0, 0.1) is 0 Å². The van der Waals surface area contributed by atoms with Crippen LogP contribution >= 0.6 is 0 Å². The maximum Gasteiger partial charge on any atom is 0.260 e. The summed E-state index contributed by atoms with van der Waals surface area (Å²) in [4.78, 5) is 39.5. The van der Waals surface area contributed by atoms with Gasteiger partial charge in [-0.15, -0.1) is 0 Å². The molecule has 0 atom stereocenters. The third-order valence-electron chi connectivity index (χ3n) is 8.82. The number of carbonyl (C=O) groups is 2. The smallest absolute Gasteiger partial charge is 0.260 e. The minimum Gasteiger partial charge on any atom is -0.492 e. The maximum atomic E-state index is 13.5. The number of aromatic nitrogens is 1. The van der Waals surface area contributed by atoms with E-state index < -0.39 is 0 Å². The quantitative estimate of drug-likeness (QED) is 0.439. The number of hydrogen-bond acceptors (Lipinski definition) is 8. The van der Waals surface area contributed by atoms with E-state index in [0.717, 1.165) is 74.9 Å². The highest BCUT2D eigenvalue weighted by Crippen LogP contribution is 2.40. The number of amides is 2. The Bertz CT molecular complexity index is 1480. The van der Waals surface area contributed by atoms with Crippen LogP contribution in [0.1, 0.15) is 46.9 Å². The highest BCUT2D eigenvalue weighted by molar-refractivity contribution is 6.13. The molecule has 226 valence electrons. The highest BCUT2D eigenvalue weighted by Gasteiger charge is 2.29. The van der Waals surface area contributed by atoms with Crippen molar-refractivity contribution in [2.75, 3.05) is 75.1 Å². The van der Waals surface area contributed by atoms with Gasteiger partial charge in [0.2, 0.25) is 0 Å². The van der Waals surface area contributed by atoms with Gasteiger partial charge in [0.25, 0.3) is 11.8 Å². The molecule has 0 aliphatic carbocycles.